The van der Waals surface area contributed by atoms with Gasteiger partial charge in [0.1, 0.15) is 3.66 Å². The lowest BCUT2D eigenvalue weighted by atomic mass is 10.2. The third kappa shape index (κ3) is 2.45. The van der Waals surface area contributed by atoms with Crippen molar-refractivity contribution in [2.45, 2.75) is 10.1 Å². The zero-order valence-electron chi connectivity index (χ0n) is 8.65. The molecular weight excluding hydrogens is 400 g/mol. The van der Waals surface area contributed by atoms with E-state index in [4.69, 9.17) is 0 Å². The molecular formula is C12H8Br2S3. The molecule has 88 valence electrons. The number of hydrogen-bond donors (Lipinski definition) is 0. The standard InChI is InChI=1S/C12H8Br2S3/c13-11-5-3-9(17-11)8-2-4-10(16-8)12(14)6-1-7-15-12/h1-5,7H,6H2. The van der Waals surface area contributed by atoms with E-state index < -0.39 is 0 Å². The van der Waals surface area contributed by atoms with Gasteiger partial charge in [-0.25, -0.2) is 0 Å². The van der Waals surface area contributed by atoms with Crippen LogP contribution < -0.4 is 0 Å². The summed E-state index contributed by atoms with van der Waals surface area (Å²) in [5.41, 5.74) is 0. The summed E-state index contributed by atoms with van der Waals surface area (Å²) in [6.45, 7) is 0. The van der Waals surface area contributed by atoms with E-state index in [1.807, 2.05) is 23.1 Å². The molecule has 2 aromatic heterocycles. The zero-order chi connectivity index (χ0) is 11.9. The Hall–Kier alpha value is 0.450. The summed E-state index contributed by atoms with van der Waals surface area (Å²) < 4.78 is 1.26. The second kappa shape index (κ2) is 4.85. The first-order valence-corrected chi connectivity index (χ1v) is 9.15. The summed E-state index contributed by atoms with van der Waals surface area (Å²) in [5.74, 6) is 0. The number of halogens is 2. The van der Waals surface area contributed by atoms with Gasteiger partial charge < -0.3 is 0 Å². The fourth-order valence-electron chi connectivity index (χ4n) is 1.68. The predicted molar refractivity (Wildman–Crippen MR) is 87.3 cm³/mol. The first-order chi connectivity index (χ1) is 8.17. The molecule has 1 aliphatic heterocycles. The molecule has 0 aliphatic carbocycles. The minimum absolute atomic E-state index is 0.0738. The van der Waals surface area contributed by atoms with E-state index in [1.54, 1.807) is 11.3 Å². The van der Waals surface area contributed by atoms with Crippen molar-refractivity contribution in [1.82, 2.24) is 0 Å². The highest BCUT2D eigenvalue weighted by molar-refractivity contribution is 9.11. The summed E-state index contributed by atoms with van der Waals surface area (Å²) in [4.78, 5) is 4.08. The van der Waals surface area contributed by atoms with E-state index in [1.165, 1.54) is 18.4 Å². The van der Waals surface area contributed by atoms with Gasteiger partial charge in [0.25, 0.3) is 0 Å². The first-order valence-electron chi connectivity index (χ1n) is 5.05. The van der Waals surface area contributed by atoms with E-state index in [0.29, 0.717) is 0 Å². The second-order valence-electron chi connectivity index (χ2n) is 3.69. The van der Waals surface area contributed by atoms with E-state index in [9.17, 15) is 0 Å². The Kier molecular flexibility index (Phi) is 3.56. The van der Waals surface area contributed by atoms with E-state index >= 15 is 0 Å². The topological polar surface area (TPSA) is 0 Å². The Morgan fingerprint density at radius 2 is 1.82 bits per heavy atom. The maximum absolute atomic E-state index is 3.85. The fraction of sp³-hybridized carbons (Fsp3) is 0.167. The lowest BCUT2D eigenvalue weighted by Crippen LogP contribution is -2.05. The van der Waals surface area contributed by atoms with Crippen LogP contribution in [0.15, 0.2) is 39.5 Å². The maximum Gasteiger partial charge on any atom is 0.112 e. The van der Waals surface area contributed by atoms with Crippen LogP contribution in [0.4, 0.5) is 0 Å². The Bertz CT molecular complexity index is 560. The van der Waals surface area contributed by atoms with Crippen LogP contribution in [-0.4, -0.2) is 0 Å². The Morgan fingerprint density at radius 3 is 2.47 bits per heavy atom. The summed E-state index contributed by atoms with van der Waals surface area (Å²) >= 11 is 12.9. The lowest BCUT2D eigenvalue weighted by molar-refractivity contribution is 0.959. The minimum atomic E-state index is 0.0738. The van der Waals surface area contributed by atoms with Crippen LogP contribution >= 0.6 is 66.3 Å². The maximum atomic E-state index is 3.85. The molecule has 0 aromatic carbocycles. The van der Waals surface area contributed by atoms with Crippen LogP contribution in [0.3, 0.4) is 0 Å². The van der Waals surface area contributed by atoms with Crippen molar-refractivity contribution in [3.05, 3.63) is 44.4 Å². The SMILES string of the molecule is Brc1ccc(-c2ccc(C3(Br)CC=CS3)s2)s1. The average molecular weight is 408 g/mol. The monoisotopic (exact) mass is 406 g/mol. The van der Waals surface area contributed by atoms with Crippen molar-refractivity contribution >= 4 is 66.3 Å². The minimum Gasteiger partial charge on any atom is -0.137 e. The summed E-state index contributed by atoms with van der Waals surface area (Å²) in [5, 5.41) is 2.18. The normalized spacial score (nSPS) is 23.4. The predicted octanol–water partition coefficient (Wildman–Crippen LogP) is 6.44. The van der Waals surface area contributed by atoms with Crippen LogP contribution in [0.5, 0.6) is 0 Å². The molecule has 3 heterocycles. The fourth-order valence-corrected chi connectivity index (χ4v) is 6.09. The largest absolute Gasteiger partial charge is 0.137 e. The molecule has 2 aromatic rings. The van der Waals surface area contributed by atoms with Crippen LogP contribution in [-0.2, 0) is 3.66 Å². The molecule has 0 saturated carbocycles. The van der Waals surface area contributed by atoms with Crippen molar-refractivity contribution in [3.63, 3.8) is 0 Å². The average Bonchev–Trinajstić information content (AvgIpc) is 2.96. The highest BCUT2D eigenvalue weighted by atomic mass is 79.9. The van der Waals surface area contributed by atoms with Crippen molar-refractivity contribution in [2.24, 2.45) is 0 Å². The van der Waals surface area contributed by atoms with Gasteiger partial charge in [0.2, 0.25) is 0 Å². The molecule has 1 unspecified atom stereocenters. The van der Waals surface area contributed by atoms with Crippen LogP contribution in [0.1, 0.15) is 11.3 Å². The molecule has 17 heavy (non-hydrogen) atoms. The van der Waals surface area contributed by atoms with Gasteiger partial charge in [-0.2, -0.15) is 0 Å². The van der Waals surface area contributed by atoms with Gasteiger partial charge in [-0.15, -0.1) is 34.4 Å². The number of hydrogen-bond acceptors (Lipinski definition) is 3. The van der Waals surface area contributed by atoms with Crippen molar-refractivity contribution < 1.29 is 0 Å². The quantitative estimate of drug-likeness (QED) is 0.516. The number of thiophene rings is 2. The molecule has 0 radical (unpaired) electrons. The van der Waals surface area contributed by atoms with Crippen LogP contribution in [0.25, 0.3) is 9.75 Å². The van der Waals surface area contributed by atoms with E-state index in [2.05, 4.69) is 67.6 Å². The van der Waals surface area contributed by atoms with Crippen LogP contribution in [0, 0.1) is 0 Å². The Balaban J connectivity index is 1.93. The molecule has 0 N–H and O–H groups in total. The third-order valence-corrected chi connectivity index (χ3v) is 8.38. The van der Waals surface area contributed by atoms with Crippen molar-refractivity contribution in [1.29, 1.82) is 0 Å². The summed E-state index contributed by atoms with van der Waals surface area (Å²) in [6, 6.07) is 8.74. The Morgan fingerprint density at radius 1 is 1.06 bits per heavy atom. The molecule has 0 nitrogen and oxygen atoms in total. The van der Waals surface area contributed by atoms with E-state index in [-0.39, 0.29) is 3.66 Å². The van der Waals surface area contributed by atoms with Crippen molar-refractivity contribution in [2.75, 3.05) is 0 Å². The number of rotatable bonds is 2. The number of allylic oxidation sites excluding steroid dienone is 1. The molecule has 5 heteroatoms. The lowest BCUT2D eigenvalue weighted by Gasteiger charge is -2.17. The van der Waals surface area contributed by atoms with Crippen LogP contribution in [0.2, 0.25) is 0 Å². The number of thioether (sulfide) groups is 1. The smallest absolute Gasteiger partial charge is 0.112 e. The van der Waals surface area contributed by atoms with Gasteiger partial charge in [0, 0.05) is 14.6 Å². The highest BCUT2D eigenvalue weighted by Gasteiger charge is 2.32. The van der Waals surface area contributed by atoms with Gasteiger partial charge in [0.05, 0.1) is 3.79 Å². The van der Waals surface area contributed by atoms with Crippen molar-refractivity contribution in [3.8, 4) is 9.75 Å². The highest BCUT2D eigenvalue weighted by Crippen LogP contribution is 2.53. The molecule has 0 spiro atoms. The summed E-state index contributed by atoms with van der Waals surface area (Å²) in [7, 11) is 0. The molecule has 3 rings (SSSR count). The van der Waals surface area contributed by atoms with Gasteiger partial charge in [-0.3, -0.25) is 0 Å². The Labute approximate surface area is 129 Å². The van der Waals surface area contributed by atoms with Gasteiger partial charge in [0.15, 0.2) is 0 Å². The third-order valence-electron chi connectivity index (χ3n) is 2.52. The molecule has 0 amide bonds. The zero-order valence-corrected chi connectivity index (χ0v) is 14.3. The van der Waals surface area contributed by atoms with E-state index in [0.717, 1.165) is 6.42 Å². The number of alkyl halides is 1. The van der Waals surface area contributed by atoms with Gasteiger partial charge in [-0.1, -0.05) is 22.0 Å². The first kappa shape index (κ1) is 12.5. The van der Waals surface area contributed by atoms with Gasteiger partial charge >= 0.3 is 0 Å². The molecule has 0 fully saturated rings. The summed E-state index contributed by atoms with van der Waals surface area (Å²) in [6.07, 6.45) is 3.28. The molecule has 0 bridgehead atoms. The second-order valence-corrected chi connectivity index (χ2v) is 10.3. The van der Waals surface area contributed by atoms with Gasteiger partial charge in [-0.05, 0) is 52.0 Å². The molecule has 1 atom stereocenters. The molecule has 0 saturated heterocycles. The molecule has 1 aliphatic rings.